The second-order valence-electron chi connectivity index (χ2n) is 6.09. The van der Waals surface area contributed by atoms with Gasteiger partial charge in [-0.3, -0.25) is 9.69 Å². The Labute approximate surface area is 110 Å². The Morgan fingerprint density at radius 1 is 1.28 bits per heavy atom. The topological polar surface area (TPSA) is 69.8 Å². The van der Waals surface area contributed by atoms with Gasteiger partial charge in [0.25, 0.3) is 0 Å². The lowest BCUT2D eigenvalue weighted by Gasteiger charge is -2.31. The van der Waals surface area contributed by atoms with Crippen LogP contribution in [-0.2, 0) is 4.79 Å². The number of nitrogens with zero attached hydrogens (tertiary/aromatic N) is 2. The molecule has 0 aromatic heterocycles. The maximum absolute atomic E-state index is 12.3. The summed E-state index contributed by atoms with van der Waals surface area (Å²) < 4.78 is 0. The third-order valence-corrected chi connectivity index (χ3v) is 3.52. The van der Waals surface area contributed by atoms with Gasteiger partial charge in [0.15, 0.2) is 0 Å². The van der Waals surface area contributed by atoms with E-state index in [0.717, 1.165) is 26.1 Å². The molecule has 3 N–H and O–H groups in total. The van der Waals surface area contributed by atoms with Crippen LogP contribution in [0.3, 0.4) is 0 Å². The van der Waals surface area contributed by atoms with Crippen molar-refractivity contribution in [2.24, 2.45) is 11.1 Å². The van der Waals surface area contributed by atoms with Gasteiger partial charge in [0.2, 0.25) is 5.91 Å². The van der Waals surface area contributed by atoms with E-state index < -0.39 is 6.04 Å². The van der Waals surface area contributed by atoms with E-state index in [1.807, 2.05) is 25.7 Å². The van der Waals surface area contributed by atoms with Crippen molar-refractivity contribution in [1.82, 2.24) is 9.80 Å². The number of rotatable bonds is 3. The number of hydrogen-bond donors (Lipinski definition) is 2. The zero-order valence-electron chi connectivity index (χ0n) is 11.9. The van der Waals surface area contributed by atoms with Gasteiger partial charge in [-0.05, 0) is 18.4 Å². The second kappa shape index (κ2) is 6.50. The lowest BCUT2D eigenvalue weighted by Crippen LogP contribution is -2.51. The minimum atomic E-state index is -0.443. The van der Waals surface area contributed by atoms with E-state index >= 15 is 0 Å². The van der Waals surface area contributed by atoms with Crippen LogP contribution in [0.15, 0.2) is 0 Å². The molecule has 0 saturated carbocycles. The molecular formula is C13H27N3O2. The number of aliphatic hydroxyl groups is 1. The van der Waals surface area contributed by atoms with Gasteiger partial charge in [-0.1, -0.05) is 20.8 Å². The first-order valence-electron chi connectivity index (χ1n) is 6.74. The molecule has 0 spiro atoms. The molecule has 0 unspecified atom stereocenters. The number of hydrogen-bond acceptors (Lipinski definition) is 4. The zero-order valence-corrected chi connectivity index (χ0v) is 11.9. The first-order chi connectivity index (χ1) is 8.36. The van der Waals surface area contributed by atoms with Crippen LogP contribution in [0.4, 0.5) is 0 Å². The molecule has 5 heteroatoms. The Balaban J connectivity index is 2.55. The van der Waals surface area contributed by atoms with Gasteiger partial charge in [-0.15, -0.1) is 0 Å². The van der Waals surface area contributed by atoms with Crippen LogP contribution in [0.2, 0.25) is 0 Å². The van der Waals surface area contributed by atoms with Crippen LogP contribution in [0.5, 0.6) is 0 Å². The molecule has 1 heterocycles. The van der Waals surface area contributed by atoms with Crippen LogP contribution in [0, 0.1) is 5.41 Å². The lowest BCUT2D eigenvalue weighted by molar-refractivity contribution is -0.134. The number of carbonyl (C=O) groups excluding carboxylic acids is 1. The summed E-state index contributed by atoms with van der Waals surface area (Å²) in [6, 6.07) is -0.443. The standard InChI is InChI=1S/C13H27N3O2/c1-13(2,3)11(14)12(18)16-6-4-5-15(7-8-16)9-10-17/h11,17H,4-10,14H2,1-3H3/t11-/m0/s1. The summed E-state index contributed by atoms with van der Waals surface area (Å²) in [5, 5.41) is 8.94. The minimum absolute atomic E-state index is 0.0494. The highest BCUT2D eigenvalue weighted by Crippen LogP contribution is 2.19. The highest BCUT2D eigenvalue weighted by molar-refractivity contribution is 5.82. The van der Waals surface area contributed by atoms with E-state index in [-0.39, 0.29) is 17.9 Å². The van der Waals surface area contributed by atoms with Gasteiger partial charge in [-0.25, -0.2) is 0 Å². The van der Waals surface area contributed by atoms with E-state index in [9.17, 15) is 4.79 Å². The zero-order chi connectivity index (χ0) is 13.8. The van der Waals surface area contributed by atoms with E-state index in [1.165, 1.54) is 0 Å². The largest absolute Gasteiger partial charge is 0.395 e. The average Bonchev–Trinajstić information content (AvgIpc) is 2.52. The molecule has 0 bridgehead atoms. The highest BCUT2D eigenvalue weighted by Gasteiger charge is 2.31. The first-order valence-corrected chi connectivity index (χ1v) is 6.74. The molecule has 5 nitrogen and oxygen atoms in total. The molecule has 1 aliphatic rings. The normalized spacial score (nSPS) is 20.6. The highest BCUT2D eigenvalue weighted by atomic mass is 16.3. The van der Waals surface area contributed by atoms with Gasteiger partial charge in [-0.2, -0.15) is 0 Å². The smallest absolute Gasteiger partial charge is 0.240 e. The van der Waals surface area contributed by atoms with Gasteiger partial charge in [0.1, 0.15) is 0 Å². The predicted molar refractivity (Wildman–Crippen MR) is 72.2 cm³/mol. The van der Waals surface area contributed by atoms with Gasteiger partial charge < -0.3 is 15.7 Å². The summed E-state index contributed by atoms with van der Waals surface area (Å²) >= 11 is 0. The maximum atomic E-state index is 12.3. The molecule has 106 valence electrons. The fourth-order valence-corrected chi connectivity index (χ4v) is 2.12. The van der Waals surface area contributed by atoms with Crippen molar-refractivity contribution in [1.29, 1.82) is 0 Å². The van der Waals surface area contributed by atoms with Crippen molar-refractivity contribution in [3.8, 4) is 0 Å². The predicted octanol–water partition coefficient (Wildman–Crippen LogP) is -0.114. The summed E-state index contributed by atoms with van der Waals surface area (Å²) in [4.78, 5) is 16.4. The Morgan fingerprint density at radius 2 is 1.94 bits per heavy atom. The van der Waals surface area contributed by atoms with E-state index in [4.69, 9.17) is 10.8 Å². The van der Waals surface area contributed by atoms with Gasteiger partial charge >= 0.3 is 0 Å². The molecule has 1 amide bonds. The monoisotopic (exact) mass is 257 g/mol. The Bertz CT molecular complexity index is 276. The molecule has 0 radical (unpaired) electrons. The summed E-state index contributed by atoms with van der Waals surface area (Å²) in [6.07, 6.45) is 0.947. The van der Waals surface area contributed by atoms with E-state index in [2.05, 4.69) is 4.90 Å². The maximum Gasteiger partial charge on any atom is 0.240 e. The minimum Gasteiger partial charge on any atom is -0.395 e. The second-order valence-corrected chi connectivity index (χ2v) is 6.09. The number of aliphatic hydroxyl groups excluding tert-OH is 1. The first kappa shape index (κ1) is 15.4. The molecule has 0 aromatic carbocycles. The third-order valence-electron chi connectivity index (χ3n) is 3.52. The molecule has 0 aliphatic carbocycles. The van der Waals surface area contributed by atoms with Crippen molar-refractivity contribution in [3.63, 3.8) is 0 Å². The van der Waals surface area contributed by atoms with E-state index in [1.54, 1.807) is 0 Å². The van der Waals surface area contributed by atoms with Crippen LogP contribution in [0.1, 0.15) is 27.2 Å². The Hall–Kier alpha value is -0.650. The van der Waals surface area contributed by atoms with E-state index in [0.29, 0.717) is 13.1 Å². The molecule has 18 heavy (non-hydrogen) atoms. The number of β-amino-alcohol motifs (C(OH)–C–C–N with tert-alkyl or cyclic N) is 1. The fourth-order valence-electron chi connectivity index (χ4n) is 2.12. The van der Waals surface area contributed by atoms with Crippen LogP contribution >= 0.6 is 0 Å². The summed E-state index contributed by atoms with van der Waals surface area (Å²) in [6.45, 7) is 10.1. The summed E-state index contributed by atoms with van der Waals surface area (Å²) in [7, 11) is 0. The van der Waals surface area contributed by atoms with Crippen molar-refractivity contribution < 1.29 is 9.90 Å². The molecule has 1 saturated heterocycles. The van der Waals surface area contributed by atoms with Gasteiger partial charge in [0.05, 0.1) is 12.6 Å². The van der Waals surface area contributed by atoms with Crippen molar-refractivity contribution in [2.75, 3.05) is 39.3 Å². The number of nitrogens with two attached hydrogens (primary N) is 1. The number of carbonyl (C=O) groups is 1. The average molecular weight is 257 g/mol. The quantitative estimate of drug-likeness (QED) is 0.740. The molecule has 1 fully saturated rings. The molecule has 1 aliphatic heterocycles. The van der Waals surface area contributed by atoms with Crippen LogP contribution < -0.4 is 5.73 Å². The Morgan fingerprint density at radius 3 is 2.50 bits per heavy atom. The third kappa shape index (κ3) is 4.23. The van der Waals surface area contributed by atoms with Crippen molar-refractivity contribution >= 4 is 5.91 Å². The SMILES string of the molecule is CC(C)(C)[C@@H](N)C(=O)N1CCCN(CCO)CC1. The fraction of sp³-hybridized carbons (Fsp3) is 0.923. The molecule has 1 rings (SSSR count). The summed E-state index contributed by atoms with van der Waals surface area (Å²) in [5.74, 6) is 0.0494. The van der Waals surface area contributed by atoms with Gasteiger partial charge in [0, 0.05) is 26.2 Å². The molecular weight excluding hydrogens is 230 g/mol. The van der Waals surface area contributed by atoms with Crippen LogP contribution in [-0.4, -0.2) is 66.2 Å². The molecule has 1 atom stereocenters. The Kier molecular flexibility index (Phi) is 5.56. The number of amides is 1. The molecule has 0 aromatic rings. The lowest BCUT2D eigenvalue weighted by atomic mass is 9.86. The van der Waals surface area contributed by atoms with Crippen molar-refractivity contribution in [2.45, 2.75) is 33.2 Å². The van der Waals surface area contributed by atoms with Crippen molar-refractivity contribution in [3.05, 3.63) is 0 Å². The summed E-state index contributed by atoms with van der Waals surface area (Å²) in [5.41, 5.74) is 5.82. The van der Waals surface area contributed by atoms with Crippen LogP contribution in [0.25, 0.3) is 0 Å².